The van der Waals surface area contributed by atoms with Gasteiger partial charge in [0.25, 0.3) is 0 Å². The summed E-state index contributed by atoms with van der Waals surface area (Å²) in [5.74, 6) is 0.516. The molecule has 98 valence electrons. The highest BCUT2D eigenvalue weighted by Gasteiger charge is 2.17. The average Bonchev–Trinajstić information content (AvgIpc) is 2.41. The second kappa shape index (κ2) is 5.14. The van der Waals surface area contributed by atoms with Gasteiger partial charge in [-0.25, -0.2) is 0 Å². The molecule has 2 aromatic rings. The van der Waals surface area contributed by atoms with Gasteiger partial charge in [-0.1, -0.05) is 23.8 Å². The summed E-state index contributed by atoms with van der Waals surface area (Å²) in [4.78, 5) is 12.6. The largest absolute Gasteiger partial charge is 0.496 e. The van der Waals surface area contributed by atoms with Crippen molar-refractivity contribution in [3.63, 3.8) is 0 Å². The fourth-order valence-electron chi connectivity index (χ4n) is 2.04. The van der Waals surface area contributed by atoms with Crippen LogP contribution in [0.15, 0.2) is 36.4 Å². The molecule has 0 fully saturated rings. The number of aryl methyl sites for hydroxylation is 1. The van der Waals surface area contributed by atoms with E-state index in [2.05, 4.69) is 0 Å². The van der Waals surface area contributed by atoms with E-state index in [9.17, 15) is 4.79 Å². The second-order valence-corrected chi connectivity index (χ2v) is 4.55. The first-order chi connectivity index (χ1) is 9.04. The van der Waals surface area contributed by atoms with Crippen LogP contribution in [-0.2, 0) is 0 Å². The summed E-state index contributed by atoms with van der Waals surface area (Å²) in [6.07, 6.45) is 0. The third kappa shape index (κ3) is 2.45. The summed E-state index contributed by atoms with van der Waals surface area (Å²) in [6.45, 7) is 3.80. The molecule has 19 heavy (non-hydrogen) atoms. The molecule has 0 aliphatic rings. The van der Waals surface area contributed by atoms with Crippen LogP contribution in [0, 0.1) is 13.8 Å². The number of nitrogen functional groups attached to an aromatic ring is 1. The molecule has 3 heteroatoms. The van der Waals surface area contributed by atoms with E-state index in [-0.39, 0.29) is 5.78 Å². The van der Waals surface area contributed by atoms with Crippen molar-refractivity contribution in [3.8, 4) is 5.75 Å². The normalized spacial score (nSPS) is 10.3. The van der Waals surface area contributed by atoms with Crippen molar-refractivity contribution in [3.05, 3.63) is 58.7 Å². The molecule has 0 aliphatic carbocycles. The van der Waals surface area contributed by atoms with Crippen LogP contribution < -0.4 is 10.5 Å². The number of benzene rings is 2. The van der Waals surface area contributed by atoms with Gasteiger partial charge in [0.1, 0.15) is 5.75 Å². The van der Waals surface area contributed by atoms with Crippen molar-refractivity contribution >= 4 is 11.5 Å². The Kier molecular flexibility index (Phi) is 3.56. The molecule has 0 atom stereocenters. The van der Waals surface area contributed by atoms with Crippen LogP contribution in [-0.4, -0.2) is 12.9 Å². The van der Waals surface area contributed by atoms with Crippen LogP contribution in [0.5, 0.6) is 5.75 Å². The van der Waals surface area contributed by atoms with Crippen LogP contribution in [0.4, 0.5) is 5.69 Å². The topological polar surface area (TPSA) is 52.3 Å². The molecular formula is C16H17NO2. The minimum atomic E-state index is -0.0645. The lowest BCUT2D eigenvalue weighted by molar-refractivity contribution is 0.103. The summed E-state index contributed by atoms with van der Waals surface area (Å²) in [7, 11) is 1.56. The molecule has 0 unspecified atom stereocenters. The van der Waals surface area contributed by atoms with Crippen molar-refractivity contribution in [1.29, 1.82) is 0 Å². The highest BCUT2D eigenvalue weighted by Crippen LogP contribution is 2.25. The van der Waals surface area contributed by atoms with Gasteiger partial charge < -0.3 is 10.5 Å². The van der Waals surface area contributed by atoms with Crippen LogP contribution >= 0.6 is 0 Å². The minimum Gasteiger partial charge on any atom is -0.496 e. The first-order valence-electron chi connectivity index (χ1n) is 6.09. The fourth-order valence-corrected chi connectivity index (χ4v) is 2.04. The lowest BCUT2D eigenvalue weighted by Gasteiger charge is -2.11. The Morgan fingerprint density at radius 1 is 1.11 bits per heavy atom. The summed E-state index contributed by atoms with van der Waals surface area (Å²) < 4.78 is 5.26. The monoisotopic (exact) mass is 255 g/mol. The third-order valence-electron chi connectivity index (χ3n) is 3.22. The van der Waals surface area contributed by atoms with E-state index in [4.69, 9.17) is 10.5 Å². The number of ketones is 1. The van der Waals surface area contributed by atoms with Crippen molar-refractivity contribution in [1.82, 2.24) is 0 Å². The number of hydrogen-bond donors (Lipinski definition) is 1. The number of carbonyl (C=O) groups excluding carboxylic acids is 1. The van der Waals surface area contributed by atoms with Gasteiger partial charge in [0.2, 0.25) is 0 Å². The lowest BCUT2D eigenvalue weighted by Crippen LogP contribution is -2.07. The predicted molar refractivity (Wildman–Crippen MR) is 76.8 cm³/mol. The van der Waals surface area contributed by atoms with E-state index in [1.807, 2.05) is 32.0 Å². The van der Waals surface area contributed by atoms with E-state index < -0.39 is 0 Å². The standard InChI is InChI=1S/C16H17NO2/c1-10-7-8-15(19-3)13(9-10)16(18)12-5-4-6-14(17)11(12)2/h4-9H,17H2,1-3H3. The average molecular weight is 255 g/mol. The van der Waals surface area contributed by atoms with E-state index in [0.717, 1.165) is 11.1 Å². The Morgan fingerprint density at radius 2 is 1.84 bits per heavy atom. The Bertz CT molecular complexity index is 633. The zero-order chi connectivity index (χ0) is 14.0. The maximum absolute atomic E-state index is 12.6. The zero-order valence-electron chi connectivity index (χ0n) is 11.4. The molecule has 0 bridgehead atoms. The number of nitrogens with two attached hydrogens (primary N) is 1. The van der Waals surface area contributed by atoms with Crippen LogP contribution in [0.3, 0.4) is 0 Å². The minimum absolute atomic E-state index is 0.0645. The van der Waals surface area contributed by atoms with Gasteiger partial charge in [0.15, 0.2) is 5.78 Å². The van der Waals surface area contributed by atoms with Gasteiger partial charge in [-0.2, -0.15) is 0 Å². The first-order valence-corrected chi connectivity index (χ1v) is 6.09. The van der Waals surface area contributed by atoms with Crippen molar-refractivity contribution in [2.75, 3.05) is 12.8 Å². The molecule has 0 heterocycles. The van der Waals surface area contributed by atoms with E-state index >= 15 is 0 Å². The molecule has 2 aromatic carbocycles. The molecule has 0 spiro atoms. The van der Waals surface area contributed by atoms with Crippen molar-refractivity contribution in [2.45, 2.75) is 13.8 Å². The maximum Gasteiger partial charge on any atom is 0.197 e. The molecule has 0 aliphatic heterocycles. The summed E-state index contributed by atoms with van der Waals surface area (Å²) in [5, 5.41) is 0. The molecule has 2 rings (SSSR count). The number of methoxy groups -OCH3 is 1. The Morgan fingerprint density at radius 3 is 2.53 bits per heavy atom. The molecule has 2 N–H and O–H groups in total. The summed E-state index contributed by atoms with van der Waals surface area (Å²) in [5.41, 5.74) is 9.48. The van der Waals surface area contributed by atoms with Crippen molar-refractivity contribution in [2.24, 2.45) is 0 Å². The SMILES string of the molecule is COc1ccc(C)cc1C(=O)c1cccc(N)c1C. The first kappa shape index (κ1) is 13.1. The van der Waals surface area contributed by atoms with Gasteiger partial charge >= 0.3 is 0 Å². The van der Waals surface area contributed by atoms with E-state index in [1.54, 1.807) is 25.3 Å². The summed E-state index contributed by atoms with van der Waals surface area (Å²) in [6, 6.07) is 10.9. The predicted octanol–water partition coefficient (Wildman–Crippen LogP) is 3.13. The Balaban J connectivity index is 2.56. The number of carbonyl (C=O) groups is 1. The van der Waals surface area contributed by atoms with Crippen molar-refractivity contribution < 1.29 is 9.53 Å². The van der Waals surface area contributed by atoms with E-state index in [1.165, 1.54) is 0 Å². The molecule has 0 aromatic heterocycles. The number of rotatable bonds is 3. The number of hydrogen-bond acceptors (Lipinski definition) is 3. The maximum atomic E-state index is 12.6. The smallest absolute Gasteiger partial charge is 0.197 e. The third-order valence-corrected chi connectivity index (χ3v) is 3.22. The van der Waals surface area contributed by atoms with Crippen LogP contribution in [0.2, 0.25) is 0 Å². The molecular weight excluding hydrogens is 238 g/mol. The number of anilines is 1. The van der Waals surface area contributed by atoms with Gasteiger partial charge in [-0.15, -0.1) is 0 Å². The number of ether oxygens (including phenoxy) is 1. The highest BCUT2D eigenvalue weighted by molar-refractivity contribution is 6.12. The van der Waals surface area contributed by atoms with Gasteiger partial charge in [-0.3, -0.25) is 4.79 Å². The fraction of sp³-hybridized carbons (Fsp3) is 0.188. The second-order valence-electron chi connectivity index (χ2n) is 4.55. The molecule has 3 nitrogen and oxygen atoms in total. The van der Waals surface area contributed by atoms with Gasteiger partial charge in [0.05, 0.1) is 12.7 Å². The zero-order valence-corrected chi connectivity index (χ0v) is 11.4. The van der Waals surface area contributed by atoms with Gasteiger partial charge in [-0.05, 0) is 37.6 Å². The van der Waals surface area contributed by atoms with Crippen LogP contribution in [0.25, 0.3) is 0 Å². The Labute approximate surface area is 113 Å². The molecule has 0 saturated heterocycles. The molecule has 0 saturated carbocycles. The highest BCUT2D eigenvalue weighted by atomic mass is 16.5. The quantitative estimate of drug-likeness (QED) is 0.677. The lowest BCUT2D eigenvalue weighted by atomic mass is 9.96. The van der Waals surface area contributed by atoms with E-state index in [0.29, 0.717) is 22.6 Å². The molecule has 0 amide bonds. The molecule has 0 radical (unpaired) electrons. The Hall–Kier alpha value is -2.29. The van der Waals surface area contributed by atoms with Crippen LogP contribution in [0.1, 0.15) is 27.0 Å². The van der Waals surface area contributed by atoms with Gasteiger partial charge in [0, 0.05) is 11.3 Å². The summed E-state index contributed by atoms with van der Waals surface area (Å²) >= 11 is 0.